The van der Waals surface area contributed by atoms with Gasteiger partial charge >= 0.3 is 0 Å². The molecule has 5 nitrogen and oxygen atoms in total. The zero-order valence-corrected chi connectivity index (χ0v) is 14.4. The lowest BCUT2D eigenvalue weighted by molar-refractivity contribution is -0.130. The third kappa shape index (κ3) is 3.75. The van der Waals surface area contributed by atoms with Gasteiger partial charge in [0.25, 0.3) is 0 Å². The molecule has 0 spiro atoms. The van der Waals surface area contributed by atoms with Crippen molar-refractivity contribution in [1.29, 1.82) is 0 Å². The Morgan fingerprint density at radius 3 is 2.83 bits per heavy atom. The van der Waals surface area contributed by atoms with E-state index in [0.717, 1.165) is 62.3 Å². The van der Waals surface area contributed by atoms with Gasteiger partial charge in [-0.15, -0.1) is 0 Å². The Bertz CT molecular complexity index is 706. The third-order valence-corrected chi connectivity index (χ3v) is 4.96. The molecule has 1 N–H and O–H groups in total. The van der Waals surface area contributed by atoms with Crippen molar-refractivity contribution in [3.05, 3.63) is 29.8 Å². The van der Waals surface area contributed by atoms with Crippen LogP contribution in [0.3, 0.4) is 0 Å². The van der Waals surface area contributed by atoms with Gasteiger partial charge in [0.1, 0.15) is 11.6 Å². The van der Waals surface area contributed by atoms with Crippen molar-refractivity contribution in [2.75, 3.05) is 26.2 Å². The van der Waals surface area contributed by atoms with Crippen LogP contribution in [0.15, 0.2) is 18.2 Å². The fraction of sp³-hybridized carbons (Fsp3) is 0.556. The highest BCUT2D eigenvalue weighted by atomic mass is 19.1. The van der Waals surface area contributed by atoms with Crippen LogP contribution in [0.5, 0.6) is 0 Å². The molecule has 6 heteroatoms. The topological polar surface area (TPSA) is 52.2 Å². The van der Waals surface area contributed by atoms with Gasteiger partial charge in [-0.05, 0) is 37.6 Å². The average Bonchev–Trinajstić information content (AvgIpc) is 2.97. The van der Waals surface area contributed by atoms with Crippen LogP contribution in [-0.4, -0.2) is 57.9 Å². The number of imidazole rings is 1. The van der Waals surface area contributed by atoms with Crippen molar-refractivity contribution in [3.63, 3.8) is 0 Å². The van der Waals surface area contributed by atoms with Crippen molar-refractivity contribution in [3.8, 4) is 0 Å². The molecule has 1 saturated heterocycles. The molecule has 1 amide bonds. The number of amides is 1. The second-order valence-electron chi connectivity index (χ2n) is 6.46. The van der Waals surface area contributed by atoms with Crippen LogP contribution in [0.25, 0.3) is 11.0 Å². The molecule has 0 aliphatic carbocycles. The van der Waals surface area contributed by atoms with Crippen LogP contribution in [0.1, 0.15) is 32.5 Å². The van der Waals surface area contributed by atoms with Crippen LogP contribution < -0.4 is 0 Å². The Morgan fingerprint density at radius 2 is 2.17 bits per heavy atom. The first-order valence-corrected chi connectivity index (χ1v) is 8.70. The quantitative estimate of drug-likeness (QED) is 0.915. The first kappa shape index (κ1) is 16.9. The predicted octanol–water partition coefficient (Wildman–Crippen LogP) is 2.58. The summed E-state index contributed by atoms with van der Waals surface area (Å²) >= 11 is 0. The molecule has 3 rings (SSSR count). The average molecular weight is 332 g/mol. The van der Waals surface area contributed by atoms with Gasteiger partial charge in [-0.25, -0.2) is 9.37 Å². The molecule has 0 atom stereocenters. The molecule has 0 saturated carbocycles. The minimum atomic E-state index is -0.245. The van der Waals surface area contributed by atoms with Gasteiger partial charge in [0.05, 0.1) is 11.0 Å². The molecule has 0 radical (unpaired) electrons. The van der Waals surface area contributed by atoms with E-state index < -0.39 is 0 Å². The summed E-state index contributed by atoms with van der Waals surface area (Å²) in [6.07, 6.45) is 2.87. The molecule has 24 heavy (non-hydrogen) atoms. The number of rotatable bonds is 5. The Kier molecular flexibility index (Phi) is 5.14. The highest BCUT2D eigenvalue weighted by Gasteiger charge is 2.24. The molecular formula is C18H25FN4O. The molecule has 1 aromatic carbocycles. The van der Waals surface area contributed by atoms with Gasteiger partial charge in [-0.3, -0.25) is 4.79 Å². The summed E-state index contributed by atoms with van der Waals surface area (Å²) in [5.41, 5.74) is 1.56. The number of H-pyrrole nitrogens is 1. The number of aromatic nitrogens is 2. The van der Waals surface area contributed by atoms with E-state index >= 15 is 0 Å². The number of carbonyl (C=O) groups excluding carboxylic acids is 1. The van der Waals surface area contributed by atoms with E-state index in [1.807, 2.05) is 4.90 Å². The zero-order chi connectivity index (χ0) is 17.1. The largest absolute Gasteiger partial charge is 0.343 e. The molecule has 0 bridgehead atoms. The monoisotopic (exact) mass is 332 g/mol. The van der Waals surface area contributed by atoms with Crippen molar-refractivity contribution < 1.29 is 9.18 Å². The number of hydrogen-bond acceptors (Lipinski definition) is 3. The number of piperidine rings is 1. The number of hydrogen-bond donors (Lipinski definition) is 1. The summed E-state index contributed by atoms with van der Waals surface area (Å²) in [4.78, 5) is 23.6. The van der Waals surface area contributed by atoms with E-state index in [4.69, 9.17) is 0 Å². The van der Waals surface area contributed by atoms with Crippen molar-refractivity contribution in [2.24, 2.45) is 0 Å². The smallest absolute Gasteiger partial charge is 0.219 e. The maximum atomic E-state index is 13.3. The van der Waals surface area contributed by atoms with Gasteiger partial charge in [-0.1, -0.05) is 6.92 Å². The van der Waals surface area contributed by atoms with Gasteiger partial charge < -0.3 is 14.8 Å². The minimum Gasteiger partial charge on any atom is -0.343 e. The molecule has 1 fully saturated rings. The van der Waals surface area contributed by atoms with Gasteiger partial charge in [0.15, 0.2) is 0 Å². The molecule has 1 aliphatic heterocycles. The third-order valence-electron chi connectivity index (χ3n) is 4.96. The lowest BCUT2D eigenvalue weighted by Gasteiger charge is -2.37. The fourth-order valence-electron chi connectivity index (χ4n) is 3.55. The van der Waals surface area contributed by atoms with Crippen molar-refractivity contribution in [1.82, 2.24) is 19.8 Å². The molecular weight excluding hydrogens is 307 g/mol. The molecule has 1 aromatic heterocycles. The molecule has 2 heterocycles. The summed E-state index contributed by atoms with van der Waals surface area (Å²) in [5, 5.41) is 0. The number of likely N-dealkylation sites (tertiary alicyclic amines) is 1. The van der Waals surface area contributed by atoms with Gasteiger partial charge in [-0.2, -0.15) is 0 Å². The molecule has 0 unspecified atom stereocenters. The normalized spacial score (nSPS) is 16.2. The summed E-state index contributed by atoms with van der Waals surface area (Å²) < 4.78 is 13.3. The summed E-state index contributed by atoms with van der Waals surface area (Å²) in [5.74, 6) is 0.825. The van der Waals surface area contributed by atoms with Crippen molar-refractivity contribution >= 4 is 16.9 Å². The number of likely N-dealkylation sites (N-methyl/N-ethyl adjacent to an activating group) is 1. The Hall–Kier alpha value is -1.95. The van der Waals surface area contributed by atoms with E-state index in [2.05, 4.69) is 21.8 Å². The van der Waals surface area contributed by atoms with Crippen LogP contribution >= 0.6 is 0 Å². The first-order valence-electron chi connectivity index (χ1n) is 8.70. The SMILES string of the molecule is CCN(CCc1nc2ccc(F)cc2[nH]1)C1CCN(C(C)=O)CC1. The number of nitrogens with zero attached hydrogens (tertiary/aromatic N) is 3. The standard InChI is InChI=1S/C18H25FN4O/c1-3-22(15-6-9-23(10-7-15)13(2)24)11-8-18-20-16-5-4-14(19)12-17(16)21-18/h4-5,12,15H,3,6-11H2,1-2H3,(H,20,21). The minimum absolute atomic E-state index is 0.172. The first-order chi connectivity index (χ1) is 11.6. The number of carbonyl (C=O) groups is 1. The van der Waals surface area contributed by atoms with E-state index in [1.165, 1.54) is 12.1 Å². The van der Waals surface area contributed by atoms with Gasteiger partial charge in [0.2, 0.25) is 5.91 Å². The second kappa shape index (κ2) is 7.30. The number of fused-ring (bicyclic) bond motifs is 1. The maximum Gasteiger partial charge on any atom is 0.219 e. The molecule has 1 aliphatic rings. The highest BCUT2D eigenvalue weighted by Crippen LogP contribution is 2.18. The lowest BCUT2D eigenvalue weighted by Crippen LogP contribution is -2.46. The van der Waals surface area contributed by atoms with E-state index in [0.29, 0.717) is 6.04 Å². The molecule has 130 valence electrons. The molecule has 2 aromatic rings. The van der Waals surface area contributed by atoms with Crippen molar-refractivity contribution in [2.45, 2.75) is 39.2 Å². The zero-order valence-electron chi connectivity index (χ0n) is 14.4. The van der Waals surface area contributed by atoms with Gasteiger partial charge in [0, 0.05) is 39.0 Å². The second-order valence-corrected chi connectivity index (χ2v) is 6.46. The predicted molar refractivity (Wildman–Crippen MR) is 92.3 cm³/mol. The maximum absolute atomic E-state index is 13.3. The summed E-state index contributed by atoms with van der Waals surface area (Å²) in [7, 11) is 0. The Balaban J connectivity index is 1.58. The number of nitrogens with one attached hydrogen (secondary N) is 1. The highest BCUT2D eigenvalue weighted by molar-refractivity contribution is 5.75. The fourth-order valence-corrected chi connectivity index (χ4v) is 3.55. The summed E-state index contributed by atoms with van der Waals surface area (Å²) in [6, 6.07) is 5.15. The summed E-state index contributed by atoms with van der Waals surface area (Å²) in [6.45, 7) is 7.41. The van der Waals surface area contributed by atoms with E-state index in [-0.39, 0.29) is 11.7 Å². The number of benzene rings is 1. The Morgan fingerprint density at radius 1 is 1.42 bits per heavy atom. The van der Waals surface area contributed by atoms with E-state index in [1.54, 1.807) is 13.0 Å². The lowest BCUT2D eigenvalue weighted by atomic mass is 10.0. The van der Waals surface area contributed by atoms with Crippen LogP contribution in [0.4, 0.5) is 4.39 Å². The Labute approximate surface area is 141 Å². The van der Waals surface area contributed by atoms with E-state index in [9.17, 15) is 9.18 Å². The van der Waals surface area contributed by atoms with Crippen LogP contribution in [0.2, 0.25) is 0 Å². The van der Waals surface area contributed by atoms with Crippen LogP contribution in [-0.2, 0) is 11.2 Å². The van der Waals surface area contributed by atoms with Crippen LogP contribution in [0, 0.1) is 5.82 Å². The number of halogens is 1. The number of aromatic amines is 1.